The quantitative estimate of drug-likeness (QED) is 0.485. The Hall–Kier alpha value is -3.82. The fourth-order valence-corrected chi connectivity index (χ4v) is 3.63. The normalized spacial score (nSPS) is 19.0. The molecule has 2 heterocycles. The molecule has 1 aliphatic heterocycles. The van der Waals surface area contributed by atoms with Gasteiger partial charge in [-0.2, -0.15) is 0 Å². The molecule has 10 heteroatoms. The van der Waals surface area contributed by atoms with E-state index in [1.165, 1.54) is 12.1 Å². The Morgan fingerprint density at radius 3 is 2.52 bits per heavy atom. The van der Waals surface area contributed by atoms with Crippen LogP contribution in [-0.4, -0.2) is 28.8 Å². The lowest BCUT2D eigenvalue weighted by Gasteiger charge is -2.22. The first-order valence-corrected chi connectivity index (χ1v) is 9.22. The van der Waals surface area contributed by atoms with Gasteiger partial charge in [0.05, 0.1) is 16.9 Å². The number of para-hydroxylation sites is 1. The van der Waals surface area contributed by atoms with Gasteiger partial charge in [-0.15, -0.1) is 13.2 Å². The number of nitrogens with one attached hydrogen (secondary N) is 1. The zero-order valence-electron chi connectivity index (χ0n) is 16.2. The minimum atomic E-state index is -4.84. The summed E-state index contributed by atoms with van der Waals surface area (Å²) in [7, 11) is 0. The van der Waals surface area contributed by atoms with Gasteiger partial charge in [-0.1, -0.05) is 12.1 Å². The highest BCUT2D eigenvalue weighted by Gasteiger charge is 2.48. The number of aromatic nitrogens is 1. The van der Waals surface area contributed by atoms with Crippen LogP contribution in [0.3, 0.4) is 0 Å². The minimum absolute atomic E-state index is 0.129. The van der Waals surface area contributed by atoms with Crippen molar-refractivity contribution in [1.82, 2.24) is 10.3 Å². The summed E-state index contributed by atoms with van der Waals surface area (Å²) in [5.41, 5.74) is 6.70. The second kappa shape index (κ2) is 7.15. The van der Waals surface area contributed by atoms with Crippen molar-refractivity contribution in [2.75, 3.05) is 10.6 Å². The number of nitrogens with two attached hydrogens (primary N) is 1. The van der Waals surface area contributed by atoms with Crippen LogP contribution in [0.5, 0.6) is 5.75 Å². The number of ether oxygens (including phenoxy) is 1. The van der Waals surface area contributed by atoms with Gasteiger partial charge in [-0.05, 0) is 48.9 Å². The number of carbonyl (C=O) groups is 2. The fourth-order valence-electron chi connectivity index (χ4n) is 3.63. The molecular formula is C21H17F3N4O3. The first-order chi connectivity index (χ1) is 14.6. The maximum atomic E-state index is 13.2. The van der Waals surface area contributed by atoms with Gasteiger partial charge in [0.15, 0.2) is 0 Å². The first kappa shape index (κ1) is 20.5. The summed E-state index contributed by atoms with van der Waals surface area (Å²) in [5.74, 6) is -0.984. The average Bonchev–Trinajstić information content (AvgIpc) is 2.91. The van der Waals surface area contributed by atoms with Crippen LogP contribution in [0.1, 0.15) is 12.5 Å². The van der Waals surface area contributed by atoms with Crippen molar-refractivity contribution in [3.8, 4) is 5.75 Å². The standard InChI is InChI=1S/C21H17F3N4O3/c1-20(11-12-9-10-26-17-15(12)3-2-4-16(17)25)18(29)28(19(30)27-20)13-5-7-14(8-6-13)31-21(22,23)24/h2-10H,11,25H2,1H3,(H,27,30). The molecule has 3 amide bonds. The maximum Gasteiger partial charge on any atom is 0.573 e. The van der Waals surface area contributed by atoms with E-state index in [4.69, 9.17) is 5.73 Å². The third-order valence-corrected chi connectivity index (χ3v) is 5.03. The molecule has 1 atom stereocenters. The number of amides is 3. The summed E-state index contributed by atoms with van der Waals surface area (Å²) in [6.07, 6.45) is -3.08. The van der Waals surface area contributed by atoms with E-state index < -0.39 is 29.6 Å². The number of anilines is 2. The Morgan fingerprint density at radius 2 is 1.84 bits per heavy atom. The summed E-state index contributed by atoms with van der Waals surface area (Å²) >= 11 is 0. The largest absolute Gasteiger partial charge is 0.573 e. The van der Waals surface area contributed by atoms with Gasteiger partial charge in [0.1, 0.15) is 11.3 Å². The van der Waals surface area contributed by atoms with Crippen LogP contribution in [0.25, 0.3) is 10.9 Å². The summed E-state index contributed by atoms with van der Waals surface area (Å²) in [6, 6.07) is 10.9. The van der Waals surface area contributed by atoms with E-state index in [-0.39, 0.29) is 12.1 Å². The molecule has 31 heavy (non-hydrogen) atoms. The predicted molar refractivity (Wildman–Crippen MR) is 107 cm³/mol. The number of alkyl halides is 3. The zero-order chi connectivity index (χ0) is 22.4. The van der Waals surface area contributed by atoms with E-state index in [0.717, 1.165) is 28.0 Å². The first-order valence-electron chi connectivity index (χ1n) is 9.22. The van der Waals surface area contributed by atoms with E-state index in [9.17, 15) is 22.8 Å². The van der Waals surface area contributed by atoms with Crippen molar-refractivity contribution >= 4 is 34.2 Å². The number of nitrogens with zero attached hydrogens (tertiary/aromatic N) is 2. The topological polar surface area (TPSA) is 97.5 Å². The lowest BCUT2D eigenvalue weighted by Crippen LogP contribution is -2.46. The highest BCUT2D eigenvalue weighted by atomic mass is 19.4. The van der Waals surface area contributed by atoms with Gasteiger partial charge < -0.3 is 15.8 Å². The lowest BCUT2D eigenvalue weighted by molar-refractivity contribution is -0.274. The van der Waals surface area contributed by atoms with Gasteiger partial charge in [-0.3, -0.25) is 9.78 Å². The van der Waals surface area contributed by atoms with Crippen molar-refractivity contribution in [3.63, 3.8) is 0 Å². The van der Waals surface area contributed by atoms with Crippen LogP contribution < -0.4 is 20.7 Å². The highest BCUT2D eigenvalue weighted by Crippen LogP contribution is 2.32. The molecule has 1 unspecified atom stereocenters. The van der Waals surface area contributed by atoms with E-state index >= 15 is 0 Å². The fraction of sp³-hybridized carbons (Fsp3) is 0.190. The van der Waals surface area contributed by atoms with Crippen LogP contribution in [0, 0.1) is 0 Å². The number of nitrogen functional groups attached to an aromatic ring is 1. The van der Waals surface area contributed by atoms with Crippen molar-refractivity contribution < 1.29 is 27.5 Å². The van der Waals surface area contributed by atoms with Gasteiger partial charge in [0.2, 0.25) is 0 Å². The number of benzene rings is 2. The molecule has 160 valence electrons. The molecule has 1 aromatic heterocycles. The van der Waals surface area contributed by atoms with E-state index in [1.54, 1.807) is 31.3 Å². The molecule has 1 aliphatic rings. The van der Waals surface area contributed by atoms with Crippen molar-refractivity contribution in [1.29, 1.82) is 0 Å². The summed E-state index contributed by atoms with van der Waals surface area (Å²) in [6.45, 7) is 1.59. The minimum Gasteiger partial charge on any atom is -0.406 e. The summed E-state index contributed by atoms with van der Waals surface area (Å²) < 4.78 is 40.9. The Labute approximate surface area is 174 Å². The second-order valence-electron chi connectivity index (χ2n) is 7.33. The van der Waals surface area contributed by atoms with Crippen molar-refractivity contribution in [3.05, 3.63) is 60.3 Å². The summed E-state index contributed by atoms with van der Waals surface area (Å²) in [4.78, 5) is 30.9. The molecule has 4 rings (SSSR count). The highest BCUT2D eigenvalue weighted by molar-refractivity contribution is 6.23. The average molecular weight is 430 g/mol. The molecule has 0 aliphatic carbocycles. The second-order valence-corrected chi connectivity index (χ2v) is 7.33. The van der Waals surface area contributed by atoms with Gasteiger partial charge in [0.25, 0.3) is 5.91 Å². The molecular weight excluding hydrogens is 413 g/mol. The van der Waals surface area contributed by atoms with E-state index in [0.29, 0.717) is 11.2 Å². The predicted octanol–water partition coefficient (Wildman–Crippen LogP) is 3.77. The third kappa shape index (κ3) is 3.83. The Bertz CT molecular complexity index is 1180. The van der Waals surface area contributed by atoms with Gasteiger partial charge >= 0.3 is 12.4 Å². The molecule has 2 aromatic carbocycles. The molecule has 0 saturated carbocycles. The number of pyridine rings is 1. The third-order valence-electron chi connectivity index (χ3n) is 5.03. The molecule has 0 spiro atoms. The smallest absolute Gasteiger partial charge is 0.406 e. The summed E-state index contributed by atoms with van der Waals surface area (Å²) in [5, 5.41) is 3.45. The van der Waals surface area contributed by atoms with Gasteiger partial charge in [0, 0.05) is 18.0 Å². The number of rotatable bonds is 4. The Balaban J connectivity index is 1.61. The maximum absolute atomic E-state index is 13.2. The SMILES string of the molecule is CC1(Cc2ccnc3c(N)cccc23)NC(=O)N(c2ccc(OC(F)(F)F)cc2)C1=O. The number of hydrogen-bond donors (Lipinski definition) is 2. The number of fused-ring (bicyclic) bond motifs is 1. The van der Waals surface area contributed by atoms with E-state index in [1.807, 2.05) is 6.07 Å². The van der Waals surface area contributed by atoms with Crippen molar-refractivity contribution in [2.24, 2.45) is 0 Å². The molecule has 0 radical (unpaired) electrons. The molecule has 7 nitrogen and oxygen atoms in total. The molecule has 0 bridgehead atoms. The van der Waals surface area contributed by atoms with Crippen LogP contribution in [0.4, 0.5) is 29.3 Å². The lowest BCUT2D eigenvalue weighted by atomic mass is 9.91. The van der Waals surface area contributed by atoms with Crippen LogP contribution >= 0.6 is 0 Å². The monoisotopic (exact) mass is 430 g/mol. The number of imide groups is 1. The number of hydrogen-bond acceptors (Lipinski definition) is 5. The number of carbonyl (C=O) groups excluding carboxylic acids is 2. The van der Waals surface area contributed by atoms with Crippen LogP contribution in [0.2, 0.25) is 0 Å². The molecule has 1 saturated heterocycles. The number of urea groups is 1. The van der Waals surface area contributed by atoms with Crippen LogP contribution in [-0.2, 0) is 11.2 Å². The zero-order valence-corrected chi connectivity index (χ0v) is 16.2. The number of halogens is 3. The molecule has 3 aromatic rings. The molecule has 3 N–H and O–H groups in total. The van der Waals surface area contributed by atoms with E-state index in [2.05, 4.69) is 15.0 Å². The van der Waals surface area contributed by atoms with Crippen LogP contribution in [0.15, 0.2) is 54.7 Å². The van der Waals surface area contributed by atoms with Gasteiger partial charge in [-0.25, -0.2) is 9.69 Å². The Kier molecular flexibility index (Phi) is 4.72. The van der Waals surface area contributed by atoms with Crippen molar-refractivity contribution in [2.45, 2.75) is 25.2 Å². The Morgan fingerprint density at radius 1 is 1.13 bits per heavy atom. The molecule has 1 fully saturated rings.